The molecular weight excluding hydrogens is 256 g/mol. The van der Waals surface area contributed by atoms with E-state index < -0.39 is 0 Å². The van der Waals surface area contributed by atoms with E-state index in [1.165, 1.54) is 18.4 Å². The number of benzene rings is 1. The van der Waals surface area contributed by atoms with Gasteiger partial charge in [0.25, 0.3) is 0 Å². The standard InChI is InChI=1S/C15H20N2O3/c1-19-10-15(18)16-11-5-7-17(9-11)13-3-2-4-14-12(13)6-8-20-14/h2-4,11H,5-10H2,1H3,(H,16,18)/t11-/m0/s1. The molecular formula is C15H20N2O3. The van der Waals surface area contributed by atoms with Crippen molar-refractivity contribution >= 4 is 11.6 Å². The van der Waals surface area contributed by atoms with Gasteiger partial charge >= 0.3 is 0 Å². The lowest BCUT2D eigenvalue weighted by atomic mass is 10.1. The number of carbonyl (C=O) groups excluding carboxylic acids is 1. The molecule has 0 aliphatic carbocycles. The minimum Gasteiger partial charge on any atom is -0.493 e. The minimum atomic E-state index is -0.0408. The number of hydrogen-bond donors (Lipinski definition) is 1. The molecule has 20 heavy (non-hydrogen) atoms. The predicted molar refractivity (Wildman–Crippen MR) is 76.3 cm³/mol. The summed E-state index contributed by atoms with van der Waals surface area (Å²) in [7, 11) is 1.54. The monoisotopic (exact) mass is 276 g/mol. The van der Waals surface area contributed by atoms with Crippen LogP contribution < -0.4 is 15.0 Å². The van der Waals surface area contributed by atoms with Crippen molar-refractivity contribution in [2.24, 2.45) is 0 Å². The van der Waals surface area contributed by atoms with Crippen molar-refractivity contribution < 1.29 is 14.3 Å². The van der Waals surface area contributed by atoms with Crippen molar-refractivity contribution in [3.05, 3.63) is 23.8 Å². The van der Waals surface area contributed by atoms with Gasteiger partial charge in [-0.05, 0) is 18.6 Å². The molecule has 2 aliphatic heterocycles. The van der Waals surface area contributed by atoms with Crippen molar-refractivity contribution in [3.8, 4) is 5.75 Å². The molecule has 3 rings (SSSR count). The van der Waals surface area contributed by atoms with Crippen LogP contribution in [0.1, 0.15) is 12.0 Å². The highest BCUT2D eigenvalue weighted by Gasteiger charge is 2.27. The Morgan fingerprint density at radius 2 is 2.45 bits per heavy atom. The van der Waals surface area contributed by atoms with Gasteiger partial charge in [-0.25, -0.2) is 0 Å². The van der Waals surface area contributed by atoms with E-state index in [0.717, 1.165) is 38.3 Å². The van der Waals surface area contributed by atoms with Gasteiger partial charge in [-0.1, -0.05) is 6.07 Å². The fourth-order valence-electron chi connectivity index (χ4n) is 3.00. The van der Waals surface area contributed by atoms with Crippen LogP contribution >= 0.6 is 0 Å². The quantitative estimate of drug-likeness (QED) is 0.890. The second-order valence-electron chi connectivity index (χ2n) is 5.28. The summed E-state index contributed by atoms with van der Waals surface area (Å²) in [4.78, 5) is 13.9. The number of nitrogens with one attached hydrogen (secondary N) is 1. The summed E-state index contributed by atoms with van der Waals surface area (Å²) in [6.45, 7) is 2.72. The number of carbonyl (C=O) groups is 1. The first-order chi connectivity index (χ1) is 9.78. The van der Waals surface area contributed by atoms with E-state index in [1.54, 1.807) is 0 Å². The van der Waals surface area contributed by atoms with E-state index in [4.69, 9.17) is 9.47 Å². The van der Waals surface area contributed by atoms with Gasteiger partial charge in [-0.2, -0.15) is 0 Å². The largest absolute Gasteiger partial charge is 0.493 e. The first-order valence-electron chi connectivity index (χ1n) is 7.06. The summed E-state index contributed by atoms with van der Waals surface area (Å²) in [5.74, 6) is 0.968. The van der Waals surface area contributed by atoms with Crippen LogP contribution in [-0.4, -0.2) is 45.4 Å². The van der Waals surface area contributed by atoms with Gasteiger partial charge in [0.05, 0.1) is 6.61 Å². The smallest absolute Gasteiger partial charge is 0.246 e. The molecule has 1 amide bonds. The second-order valence-corrected chi connectivity index (χ2v) is 5.28. The summed E-state index contributed by atoms with van der Waals surface area (Å²) in [5.41, 5.74) is 2.56. The van der Waals surface area contributed by atoms with Gasteiger partial charge in [0.2, 0.25) is 5.91 Å². The SMILES string of the molecule is COCC(=O)N[C@H]1CCN(c2cccc3c2CCO3)C1. The van der Waals surface area contributed by atoms with Crippen LogP contribution in [0.5, 0.6) is 5.75 Å². The number of hydrogen-bond acceptors (Lipinski definition) is 4. The molecule has 1 atom stereocenters. The van der Waals surface area contributed by atoms with Crippen molar-refractivity contribution in [2.45, 2.75) is 18.9 Å². The molecule has 5 nitrogen and oxygen atoms in total. The Morgan fingerprint density at radius 3 is 3.30 bits per heavy atom. The number of amides is 1. The van der Waals surface area contributed by atoms with Crippen molar-refractivity contribution in [1.29, 1.82) is 0 Å². The summed E-state index contributed by atoms with van der Waals surface area (Å²) >= 11 is 0. The number of nitrogens with zero attached hydrogens (tertiary/aromatic N) is 1. The molecule has 0 radical (unpaired) electrons. The van der Waals surface area contributed by atoms with Gasteiger partial charge in [0.15, 0.2) is 0 Å². The average molecular weight is 276 g/mol. The number of methoxy groups -OCH3 is 1. The van der Waals surface area contributed by atoms with Crippen LogP contribution in [0.25, 0.3) is 0 Å². The van der Waals surface area contributed by atoms with Crippen molar-refractivity contribution in [2.75, 3.05) is 38.3 Å². The fraction of sp³-hybridized carbons (Fsp3) is 0.533. The average Bonchev–Trinajstić information content (AvgIpc) is 3.06. The second kappa shape index (κ2) is 5.71. The maximum absolute atomic E-state index is 11.6. The lowest BCUT2D eigenvalue weighted by Gasteiger charge is -2.21. The first kappa shape index (κ1) is 13.2. The lowest BCUT2D eigenvalue weighted by Crippen LogP contribution is -2.39. The highest BCUT2D eigenvalue weighted by molar-refractivity contribution is 5.77. The van der Waals surface area contributed by atoms with Crippen LogP contribution in [0.3, 0.4) is 0 Å². The predicted octanol–water partition coefficient (Wildman–Crippen LogP) is 0.963. The van der Waals surface area contributed by atoms with Gasteiger partial charge < -0.3 is 19.7 Å². The Bertz CT molecular complexity index is 504. The highest BCUT2D eigenvalue weighted by atomic mass is 16.5. The van der Waals surface area contributed by atoms with Crippen LogP contribution in [0, 0.1) is 0 Å². The van der Waals surface area contributed by atoms with Gasteiger partial charge in [0.1, 0.15) is 12.4 Å². The molecule has 0 saturated carbocycles. The van der Waals surface area contributed by atoms with E-state index in [0.29, 0.717) is 0 Å². The normalized spacial score (nSPS) is 20.6. The Hall–Kier alpha value is -1.75. The van der Waals surface area contributed by atoms with E-state index in [2.05, 4.69) is 16.3 Å². The molecule has 108 valence electrons. The third-order valence-corrected chi connectivity index (χ3v) is 3.89. The Morgan fingerprint density at radius 1 is 1.55 bits per heavy atom. The molecule has 2 aliphatic rings. The maximum Gasteiger partial charge on any atom is 0.246 e. The van der Waals surface area contributed by atoms with E-state index in [-0.39, 0.29) is 18.6 Å². The van der Waals surface area contributed by atoms with Gasteiger partial charge in [-0.3, -0.25) is 4.79 Å². The molecule has 1 fully saturated rings. The van der Waals surface area contributed by atoms with E-state index in [9.17, 15) is 4.79 Å². The van der Waals surface area contributed by atoms with Crippen LogP contribution in [0.2, 0.25) is 0 Å². The molecule has 0 bridgehead atoms. The summed E-state index contributed by atoms with van der Waals surface area (Å²) in [6, 6.07) is 6.42. The fourth-order valence-corrected chi connectivity index (χ4v) is 3.00. The molecule has 0 aromatic heterocycles. The zero-order valence-electron chi connectivity index (χ0n) is 11.7. The van der Waals surface area contributed by atoms with Crippen molar-refractivity contribution in [3.63, 3.8) is 0 Å². The lowest BCUT2D eigenvalue weighted by molar-refractivity contribution is -0.125. The molecule has 1 N–H and O–H groups in total. The Labute approximate surface area is 118 Å². The molecule has 0 spiro atoms. The molecule has 1 aromatic carbocycles. The van der Waals surface area contributed by atoms with Crippen LogP contribution in [0.4, 0.5) is 5.69 Å². The summed E-state index contributed by atoms with van der Waals surface area (Å²) in [5, 5.41) is 3.01. The van der Waals surface area contributed by atoms with Crippen LogP contribution in [-0.2, 0) is 16.0 Å². The zero-order chi connectivity index (χ0) is 13.9. The highest BCUT2D eigenvalue weighted by Crippen LogP contribution is 2.35. The van der Waals surface area contributed by atoms with E-state index in [1.807, 2.05) is 12.1 Å². The van der Waals surface area contributed by atoms with Gasteiger partial charge in [0, 0.05) is 43.9 Å². The number of anilines is 1. The third-order valence-electron chi connectivity index (χ3n) is 3.89. The Kier molecular flexibility index (Phi) is 3.78. The maximum atomic E-state index is 11.6. The number of fused-ring (bicyclic) bond motifs is 1. The third kappa shape index (κ3) is 2.58. The number of ether oxygens (including phenoxy) is 2. The van der Waals surface area contributed by atoms with E-state index >= 15 is 0 Å². The minimum absolute atomic E-state index is 0.0408. The molecule has 0 unspecified atom stereocenters. The molecule has 1 saturated heterocycles. The zero-order valence-corrected chi connectivity index (χ0v) is 11.7. The summed E-state index contributed by atoms with van der Waals surface area (Å²) < 4.78 is 10.5. The van der Waals surface area contributed by atoms with Crippen molar-refractivity contribution in [1.82, 2.24) is 5.32 Å². The Balaban J connectivity index is 1.66. The number of rotatable bonds is 4. The molecule has 2 heterocycles. The van der Waals surface area contributed by atoms with Gasteiger partial charge in [-0.15, -0.1) is 0 Å². The van der Waals surface area contributed by atoms with Crippen LogP contribution in [0.15, 0.2) is 18.2 Å². The molecule has 5 heteroatoms. The first-order valence-corrected chi connectivity index (χ1v) is 7.06. The topological polar surface area (TPSA) is 50.8 Å². The summed E-state index contributed by atoms with van der Waals surface area (Å²) in [6.07, 6.45) is 1.95. The molecule has 1 aromatic rings.